The van der Waals surface area contributed by atoms with E-state index in [0.29, 0.717) is 24.3 Å². The van der Waals surface area contributed by atoms with Gasteiger partial charge in [0, 0.05) is 7.11 Å². The molecule has 1 aromatic rings. The summed E-state index contributed by atoms with van der Waals surface area (Å²) in [6, 6.07) is 5.49. The van der Waals surface area contributed by atoms with E-state index in [1.54, 1.807) is 20.3 Å². The third kappa shape index (κ3) is 3.87. The first-order valence-corrected chi connectivity index (χ1v) is 8.25. The van der Waals surface area contributed by atoms with Gasteiger partial charge in [-0.05, 0) is 30.5 Å². The second kappa shape index (κ2) is 8.20. The summed E-state index contributed by atoms with van der Waals surface area (Å²) in [6.07, 6.45) is 2.23. The number of methoxy groups -OCH3 is 3. The maximum absolute atomic E-state index is 12.9. The molecule has 0 bridgehead atoms. The molecule has 7 nitrogen and oxygen atoms in total. The van der Waals surface area contributed by atoms with Crippen LogP contribution in [0.25, 0.3) is 0 Å². The molecule has 25 heavy (non-hydrogen) atoms. The van der Waals surface area contributed by atoms with Crippen molar-refractivity contribution in [1.82, 2.24) is 5.32 Å². The number of ether oxygens (including phenoxy) is 3. The molecular weight excluding hydrogens is 326 g/mol. The highest BCUT2D eigenvalue weighted by Crippen LogP contribution is 2.43. The molecule has 138 valence electrons. The van der Waals surface area contributed by atoms with Gasteiger partial charge in [-0.15, -0.1) is 0 Å². The summed E-state index contributed by atoms with van der Waals surface area (Å²) in [5, 5.41) is 11.8. The first kappa shape index (κ1) is 19.1. The Hall–Kier alpha value is -2.28. The maximum atomic E-state index is 12.9. The highest BCUT2D eigenvalue weighted by Gasteiger charge is 2.43. The van der Waals surface area contributed by atoms with Gasteiger partial charge in [-0.1, -0.05) is 18.9 Å². The van der Waals surface area contributed by atoms with E-state index in [-0.39, 0.29) is 12.5 Å². The van der Waals surface area contributed by atoms with E-state index in [4.69, 9.17) is 19.3 Å². The second-order valence-corrected chi connectivity index (χ2v) is 6.13. The number of carbonyl (C=O) groups excluding carboxylic acids is 1. The zero-order valence-electron chi connectivity index (χ0n) is 14.8. The van der Waals surface area contributed by atoms with Crippen molar-refractivity contribution in [3.05, 3.63) is 23.8 Å². The summed E-state index contributed by atoms with van der Waals surface area (Å²) < 4.78 is 15.5. The SMILES string of the molecule is COc1ccc(C2(C(=O)NCC(OC)C(=O)O)CCCC2)cc1OC. The van der Waals surface area contributed by atoms with E-state index < -0.39 is 17.5 Å². The minimum absolute atomic E-state index is 0.0697. The van der Waals surface area contributed by atoms with Crippen LogP contribution in [0.1, 0.15) is 31.2 Å². The van der Waals surface area contributed by atoms with Gasteiger partial charge in [0.2, 0.25) is 5.91 Å². The van der Waals surface area contributed by atoms with Crippen molar-refractivity contribution < 1.29 is 28.9 Å². The molecule has 7 heteroatoms. The van der Waals surface area contributed by atoms with Crippen molar-refractivity contribution in [3.63, 3.8) is 0 Å². The fraction of sp³-hybridized carbons (Fsp3) is 0.556. The zero-order chi connectivity index (χ0) is 18.4. The molecule has 0 heterocycles. The number of carboxylic acids is 1. The maximum Gasteiger partial charge on any atom is 0.334 e. The van der Waals surface area contributed by atoms with Crippen LogP contribution in [0.4, 0.5) is 0 Å². The predicted molar refractivity (Wildman–Crippen MR) is 91.1 cm³/mol. The summed E-state index contributed by atoms with van der Waals surface area (Å²) in [7, 11) is 4.43. The molecule has 0 aliphatic heterocycles. The molecule has 1 aliphatic rings. The van der Waals surface area contributed by atoms with Crippen molar-refractivity contribution >= 4 is 11.9 Å². The first-order valence-electron chi connectivity index (χ1n) is 8.25. The molecule has 1 saturated carbocycles. The number of nitrogens with one attached hydrogen (secondary N) is 1. The van der Waals surface area contributed by atoms with Crippen LogP contribution in [0.2, 0.25) is 0 Å². The number of benzene rings is 1. The summed E-state index contributed by atoms with van der Waals surface area (Å²) in [4.78, 5) is 24.0. The fourth-order valence-corrected chi connectivity index (χ4v) is 3.39. The van der Waals surface area contributed by atoms with E-state index in [1.165, 1.54) is 7.11 Å². The van der Waals surface area contributed by atoms with E-state index >= 15 is 0 Å². The summed E-state index contributed by atoms with van der Waals surface area (Å²) >= 11 is 0. The number of rotatable bonds is 8. The molecule has 1 aromatic carbocycles. The minimum atomic E-state index is -1.10. The Labute approximate surface area is 147 Å². The third-order valence-electron chi connectivity index (χ3n) is 4.84. The van der Waals surface area contributed by atoms with Crippen LogP contribution in [-0.2, 0) is 19.7 Å². The lowest BCUT2D eigenvalue weighted by Crippen LogP contribution is -2.46. The van der Waals surface area contributed by atoms with Crippen LogP contribution in [0, 0.1) is 0 Å². The van der Waals surface area contributed by atoms with Gasteiger partial charge in [-0.2, -0.15) is 0 Å². The van der Waals surface area contributed by atoms with Crippen molar-refractivity contribution in [3.8, 4) is 11.5 Å². The Morgan fingerprint density at radius 3 is 2.32 bits per heavy atom. The van der Waals surface area contributed by atoms with Crippen LogP contribution >= 0.6 is 0 Å². The molecule has 1 atom stereocenters. The molecule has 0 radical (unpaired) electrons. The molecule has 0 saturated heterocycles. The Morgan fingerprint density at radius 1 is 1.16 bits per heavy atom. The minimum Gasteiger partial charge on any atom is -0.493 e. The van der Waals surface area contributed by atoms with Crippen LogP contribution < -0.4 is 14.8 Å². The average molecular weight is 351 g/mol. The number of carboxylic acid groups (broad SMARTS) is 1. The number of carbonyl (C=O) groups is 2. The Morgan fingerprint density at radius 2 is 1.80 bits per heavy atom. The molecule has 2 N–H and O–H groups in total. The van der Waals surface area contributed by atoms with E-state index in [1.807, 2.05) is 12.1 Å². The first-order chi connectivity index (χ1) is 12.0. The predicted octanol–water partition coefficient (Wildman–Crippen LogP) is 1.73. The lowest BCUT2D eigenvalue weighted by molar-refractivity contribution is -0.148. The fourth-order valence-electron chi connectivity index (χ4n) is 3.39. The molecule has 1 fully saturated rings. The number of hydrogen-bond donors (Lipinski definition) is 2. The summed E-state index contributed by atoms with van der Waals surface area (Å²) in [5.74, 6) is -0.112. The lowest BCUT2D eigenvalue weighted by Gasteiger charge is -2.29. The summed E-state index contributed by atoms with van der Waals surface area (Å²) in [6.45, 7) is -0.0697. The lowest BCUT2D eigenvalue weighted by atomic mass is 9.77. The van der Waals surface area contributed by atoms with Gasteiger partial charge in [0.05, 0.1) is 26.2 Å². The van der Waals surface area contributed by atoms with Crippen molar-refractivity contribution in [1.29, 1.82) is 0 Å². The monoisotopic (exact) mass is 351 g/mol. The van der Waals surface area contributed by atoms with Crippen LogP contribution in [0.15, 0.2) is 18.2 Å². The quantitative estimate of drug-likeness (QED) is 0.741. The van der Waals surface area contributed by atoms with Crippen LogP contribution in [-0.4, -0.2) is 51.0 Å². The van der Waals surface area contributed by atoms with Crippen LogP contribution in [0.5, 0.6) is 11.5 Å². The van der Waals surface area contributed by atoms with Gasteiger partial charge in [0.25, 0.3) is 0 Å². The van der Waals surface area contributed by atoms with Gasteiger partial charge >= 0.3 is 5.97 Å². The van der Waals surface area contributed by atoms with E-state index in [0.717, 1.165) is 18.4 Å². The standard InChI is InChI=1S/C18H25NO6/c1-23-13-7-6-12(10-14(13)24-2)18(8-4-5-9-18)17(22)19-11-15(25-3)16(20)21/h6-7,10,15H,4-5,8-9,11H2,1-3H3,(H,19,22)(H,20,21). The van der Waals surface area contributed by atoms with Crippen molar-refractivity contribution in [2.24, 2.45) is 0 Å². The van der Waals surface area contributed by atoms with Crippen LogP contribution in [0.3, 0.4) is 0 Å². The number of aliphatic carboxylic acids is 1. The van der Waals surface area contributed by atoms with Gasteiger partial charge < -0.3 is 24.6 Å². The summed E-state index contributed by atoms with van der Waals surface area (Å²) in [5.41, 5.74) is 0.167. The van der Waals surface area contributed by atoms with Gasteiger partial charge in [0.15, 0.2) is 17.6 Å². The topological polar surface area (TPSA) is 94.1 Å². The van der Waals surface area contributed by atoms with Gasteiger partial charge in [-0.25, -0.2) is 4.79 Å². The van der Waals surface area contributed by atoms with Crippen molar-refractivity contribution in [2.75, 3.05) is 27.9 Å². The number of amides is 1. The Bertz CT molecular complexity index is 624. The largest absolute Gasteiger partial charge is 0.493 e. The number of hydrogen-bond acceptors (Lipinski definition) is 5. The van der Waals surface area contributed by atoms with Crippen molar-refractivity contribution in [2.45, 2.75) is 37.2 Å². The Kier molecular flexibility index (Phi) is 6.25. The van der Waals surface area contributed by atoms with E-state index in [2.05, 4.69) is 5.32 Å². The zero-order valence-corrected chi connectivity index (χ0v) is 14.8. The smallest absolute Gasteiger partial charge is 0.334 e. The normalized spacial score (nSPS) is 16.9. The Balaban J connectivity index is 2.26. The molecule has 1 amide bonds. The molecule has 1 aliphatic carbocycles. The third-order valence-corrected chi connectivity index (χ3v) is 4.84. The second-order valence-electron chi connectivity index (χ2n) is 6.13. The van der Waals surface area contributed by atoms with Gasteiger partial charge in [-0.3, -0.25) is 4.79 Å². The highest BCUT2D eigenvalue weighted by atomic mass is 16.5. The molecule has 0 spiro atoms. The molecule has 2 rings (SSSR count). The van der Waals surface area contributed by atoms with Gasteiger partial charge in [0.1, 0.15) is 0 Å². The molecule has 0 aromatic heterocycles. The highest BCUT2D eigenvalue weighted by molar-refractivity contribution is 5.89. The molecule has 1 unspecified atom stereocenters. The molecular formula is C18H25NO6. The average Bonchev–Trinajstić information content (AvgIpc) is 3.12. The van der Waals surface area contributed by atoms with E-state index in [9.17, 15) is 9.59 Å².